The average molecular weight is 226 g/mol. The standard InChI is InChI=1S/C13H26N2O/c1-4-16-12-10-11(14-15(2)3)13(12)8-6-5-7-9-13/h11-12,14H,4-10H2,1-3H3. The van der Waals surface area contributed by atoms with Gasteiger partial charge in [-0.1, -0.05) is 19.3 Å². The van der Waals surface area contributed by atoms with Crippen molar-refractivity contribution in [3.8, 4) is 0 Å². The van der Waals surface area contributed by atoms with Crippen LogP contribution in [0.5, 0.6) is 0 Å². The van der Waals surface area contributed by atoms with Gasteiger partial charge in [-0.15, -0.1) is 0 Å². The van der Waals surface area contributed by atoms with E-state index in [4.69, 9.17) is 4.74 Å². The smallest absolute Gasteiger partial charge is 0.0662 e. The van der Waals surface area contributed by atoms with Gasteiger partial charge in [0.25, 0.3) is 0 Å². The third-order valence-electron chi connectivity index (χ3n) is 4.35. The monoisotopic (exact) mass is 226 g/mol. The van der Waals surface area contributed by atoms with E-state index in [1.54, 1.807) is 0 Å². The Bertz CT molecular complexity index is 224. The highest BCUT2D eigenvalue weighted by atomic mass is 16.5. The molecule has 0 aliphatic heterocycles. The van der Waals surface area contributed by atoms with Crippen molar-refractivity contribution in [3.63, 3.8) is 0 Å². The average Bonchev–Trinajstić information content (AvgIpc) is 2.28. The number of ether oxygens (including phenoxy) is 1. The minimum absolute atomic E-state index is 0.443. The van der Waals surface area contributed by atoms with Gasteiger partial charge in [-0.3, -0.25) is 10.4 Å². The van der Waals surface area contributed by atoms with Gasteiger partial charge in [0.2, 0.25) is 0 Å². The summed E-state index contributed by atoms with van der Waals surface area (Å²) in [5.41, 5.74) is 4.02. The van der Waals surface area contributed by atoms with Crippen molar-refractivity contribution >= 4 is 0 Å². The molecule has 0 heterocycles. The zero-order chi connectivity index (χ0) is 11.6. The molecule has 16 heavy (non-hydrogen) atoms. The molecule has 0 aromatic rings. The first-order valence-electron chi connectivity index (χ1n) is 6.74. The number of nitrogens with one attached hydrogen (secondary N) is 1. The molecule has 2 rings (SSSR count). The first-order chi connectivity index (χ1) is 7.69. The number of rotatable bonds is 4. The van der Waals surface area contributed by atoms with E-state index in [-0.39, 0.29) is 0 Å². The number of hydrogen-bond donors (Lipinski definition) is 1. The third kappa shape index (κ3) is 2.13. The predicted molar refractivity (Wildman–Crippen MR) is 66.2 cm³/mol. The van der Waals surface area contributed by atoms with Crippen LogP contribution < -0.4 is 5.43 Å². The van der Waals surface area contributed by atoms with Crippen molar-refractivity contribution in [1.29, 1.82) is 0 Å². The normalized spacial score (nSPS) is 33.0. The van der Waals surface area contributed by atoms with Crippen molar-refractivity contribution in [2.45, 2.75) is 57.6 Å². The zero-order valence-electron chi connectivity index (χ0n) is 11.0. The largest absolute Gasteiger partial charge is 0.378 e. The minimum Gasteiger partial charge on any atom is -0.378 e. The second-order valence-electron chi connectivity index (χ2n) is 5.55. The summed E-state index contributed by atoms with van der Waals surface area (Å²) in [5, 5.41) is 2.10. The fourth-order valence-corrected chi connectivity index (χ4v) is 3.56. The van der Waals surface area contributed by atoms with Crippen molar-refractivity contribution < 1.29 is 4.74 Å². The summed E-state index contributed by atoms with van der Waals surface area (Å²) in [5.74, 6) is 0. The van der Waals surface area contributed by atoms with Gasteiger partial charge in [-0.05, 0) is 26.2 Å². The van der Waals surface area contributed by atoms with E-state index < -0.39 is 0 Å². The lowest BCUT2D eigenvalue weighted by atomic mass is 9.55. The SMILES string of the molecule is CCOC1CC(NN(C)C)C12CCCCC2. The van der Waals surface area contributed by atoms with Crippen LogP contribution >= 0.6 is 0 Å². The topological polar surface area (TPSA) is 24.5 Å². The molecule has 0 aromatic heterocycles. The summed E-state index contributed by atoms with van der Waals surface area (Å²) in [7, 11) is 4.18. The second-order valence-corrected chi connectivity index (χ2v) is 5.55. The van der Waals surface area contributed by atoms with Gasteiger partial charge in [-0.25, -0.2) is 0 Å². The first kappa shape index (κ1) is 12.3. The molecule has 2 aliphatic rings. The molecular formula is C13H26N2O. The van der Waals surface area contributed by atoms with E-state index >= 15 is 0 Å². The van der Waals surface area contributed by atoms with Crippen LogP contribution in [0, 0.1) is 5.41 Å². The minimum atomic E-state index is 0.443. The van der Waals surface area contributed by atoms with Crippen LogP contribution in [0.4, 0.5) is 0 Å². The maximum Gasteiger partial charge on any atom is 0.0662 e. The Morgan fingerprint density at radius 1 is 1.25 bits per heavy atom. The summed E-state index contributed by atoms with van der Waals surface area (Å²) in [6, 6.07) is 0.638. The Morgan fingerprint density at radius 2 is 1.94 bits per heavy atom. The maximum atomic E-state index is 5.92. The molecule has 1 spiro atoms. The maximum absolute atomic E-state index is 5.92. The lowest BCUT2D eigenvalue weighted by Crippen LogP contribution is -2.66. The summed E-state index contributed by atoms with van der Waals surface area (Å²) in [6.45, 7) is 2.98. The number of nitrogens with zero attached hydrogens (tertiary/aromatic N) is 1. The summed E-state index contributed by atoms with van der Waals surface area (Å²) in [4.78, 5) is 0. The van der Waals surface area contributed by atoms with E-state index in [0.29, 0.717) is 17.6 Å². The Kier molecular flexibility index (Phi) is 3.88. The fourth-order valence-electron chi connectivity index (χ4n) is 3.56. The van der Waals surface area contributed by atoms with Crippen LogP contribution in [0.1, 0.15) is 45.4 Å². The molecular weight excluding hydrogens is 200 g/mol. The highest BCUT2D eigenvalue weighted by Crippen LogP contribution is 2.53. The third-order valence-corrected chi connectivity index (χ3v) is 4.35. The molecule has 0 aromatic carbocycles. The summed E-state index contributed by atoms with van der Waals surface area (Å²) >= 11 is 0. The van der Waals surface area contributed by atoms with E-state index in [0.717, 1.165) is 6.61 Å². The van der Waals surface area contributed by atoms with Crippen molar-refractivity contribution in [1.82, 2.24) is 10.4 Å². The molecule has 1 N–H and O–H groups in total. The summed E-state index contributed by atoms with van der Waals surface area (Å²) < 4.78 is 5.92. The molecule has 0 radical (unpaired) electrons. The van der Waals surface area contributed by atoms with Gasteiger partial charge in [0.05, 0.1) is 6.10 Å². The molecule has 2 aliphatic carbocycles. The predicted octanol–water partition coefficient (Wildman–Crippen LogP) is 2.18. The fraction of sp³-hybridized carbons (Fsp3) is 1.00. The van der Waals surface area contributed by atoms with Crippen molar-refractivity contribution in [2.75, 3.05) is 20.7 Å². The van der Waals surface area contributed by atoms with Gasteiger partial charge in [0.15, 0.2) is 0 Å². The molecule has 2 atom stereocenters. The van der Waals surface area contributed by atoms with Gasteiger partial charge in [0, 0.05) is 32.2 Å². The Labute approximate surface area is 99.5 Å². The molecule has 0 amide bonds. The van der Waals surface area contributed by atoms with E-state index in [9.17, 15) is 0 Å². The molecule has 3 heteroatoms. The van der Waals surface area contributed by atoms with E-state index in [2.05, 4.69) is 31.5 Å². The van der Waals surface area contributed by atoms with E-state index in [1.807, 2.05) is 0 Å². The molecule has 94 valence electrons. The van der Waals surface area contributed by atoms with Crippen LogP contribution in [0.25, 0.3) is 0 Å². The Hall–Kier alpha value is -0.120. The van der Waals surface area contributed by atoms with Crippen LogP contribution in [0.2, 0.25) is 0 Å². The molecule has 3 nitrogen and oxygen atoms in total. The lowest BCUT2D eigenvalue weighted by molar-refractivity contribution is -0.161. The van der Waals surface area contributed by atoms with Gasteiger partial charge < -0.3 is 4.74 Å². The Balaban J connectivity index is 2.00. The van der Waals surface area contributed by atoms with E-state index in [1.165, 1.54) is 38.5 Å². The Morgan fingerprint density at radius 3 is 2.50 bits per heavy atom. The molecule has 2 fully saturated rings. The highest BCUT2D eigenvalue weighted by molar-refractivity contribution is 5.08. The number of hydrazine groups is 1. The van der Waals surface area contributed by atoms with Crippen LogP contribution in [-0.4, -0.2) is 37.9 Å². The van der Waals surface area contributed by atoms with Gasteiger partial charge >= 0.3 is 0 Å². The highest BCUT2D eigenvalue weighted by Gasteiger charge is 2.55. The quantitative estimate of drug-likeness (QED) is 0.744. The van der Waals surface area contributed by atoms with Crippen LogP contribution in [-0.2, 0) is 4.74 Å². The first-order valence-corrected chi connectivity index (χ1v) is 6.74. The van der Waals surface area contributed by atoms with Crippen molar-refractivity contribution in [3.05, 3.63) is 0 Å². The molecule has 2 saturated carbocycles. The van der Waals surface area contributed by atoms with Crippen LogP contribution in [0.15, 0.2) is 0 Å². The molecule has 0 bridgehead atoms. The van der Waals surface area contributed by atoms with Crippen LogP contribution in [0.3, 0.4) is 0 Å². The summed E-state index contributed by atoms with van der Waals surface area (Å²) in [6.07, 6.45) is 8.58. The zero-order valence-corrected chi connectivity index (χ0v) is 11.0. The molecule has 0 saturated heterocycles. The van der Waals surface area contributed by atoms with Gasteiger partial charge in [-0.2, -0.15) is 0 Å². The number of hydrogen-bond acceptors (Lipinski definition) is 3. The second kappa shape index (κ2) is 5.03. The van der Waals surface area contributed by atoms with Crippen molar-refractivity contribution in [2.24, 2.45) is 5.41 Å². The molecule has 2 unspecified atom stereocenters. The lowest BCUT2D eigenvalue weighted by Gasteiger charge is -2.58. The van der Waals surface area contributed by atoms with Gasteiger partial charge in [0.1, 0.15) is 0 Å².